The molecular formula is C28H30N4O3S. The minimum absolute atomic E-state index is 0.0575. The van der Waals surface area contributed by atoms with Gasteiger partial charge in [-0.15, -0.1) is 10.2 Å². The first-order valence-corrected chi connectivity index (χ1v) is 12.8. The number of hydrogen-bond acceptors (Lipinski definition) is 6. The van der Waals surface area contributed by atoms with Crippen LogP contribution in [0.15, 0.2) is 78.0 Å². The van der Waals surface area contributed by atoms with Crippen LogP contribution in [0.25, 0.3) is 17.1 Å². The van der Waals surface area contributed by atoms with E-state index in [1.807, 2.05) is 84.3 Å². The molecule has 1 amide bonds. The van der Waals surface area contributed by atoms with Crippen LogP contribution in [0.4, 0.5) is 0 Å². The summed E-state index contributed by atoms with van der Waals surface area (Å²) in [6.45, 7) is 4.06. The molecule has 0 saturated heterocycles. The number of methoxy groups -OCH3 is 2. The van der Waals surface area contributed by atoms with E-state index in [-0.39, 0.29) is 11.9 Å². The smallest absolute Gasteiger partial charge is 0.251 e. The van der Waals surface area contributed by atoms with Gasteiger partial charge in [-0.1, -0.05) is 43.0 Å². The highest BCUT2D eigenvalue weighted by Gasteiger charge is 2.17. The second-order valence-corrected chi connectivity index (χ2v) is 9.29. The molecule has 0 aliphatic heterocycles. The molecule has 1 heterocycles. The standard InChI is InChI=1S/C28H30N4O3S/c1-5-19(2)29-27(33)22-10-6-8-20(16-22)18-36-28-31-30-26(21-9-7-11-25(17-21)35-4)32(28)23-12-14-24(34-3)15-13-23/h6-17,19H,5,18H2,1-4H3,(H,29,33)/t19-/m0/s1. The zero-order valence-corrected chi connectivity index (χ0v) is 21.7. The highest BCUT2D eigenvalue weighted by molar-refractivity contribution is 7.98. The van der Waals surface area contributed by atoms with Gasteiger partial charge in [-0.2, -0.15) is 0 Å². The Morgan fingerprint density at radius 2 is 1.72 bits per heavy atom. The van der Waals surface area contributed by atoms with Crippen molar-refractivity contribution in [3.63, 3.8) is 0 Å². The van der Waals surface area contributed by atoms with Crippen molar-refractivity contribution in [3.8, 4) is 28.6 Å². The summed E-state index contributed by atoms with van der Waals surface area (Å²) in [5.74, 6) is 2.81. The van der Waals surface area contributed by atoms with Crippen molar-refractivity contribution in [1.82, 2.24) is 20.1 Å². The van der Waals surface area contributed by atoms with E-state index in [1.165, 1.54) is 0 Å². The number of aromatic nitrogens is 3. The molecule has 0 radical (unpaired) electrons. The molecule has 0 fully saturated rings. The van der Waals surface area contributed by atoms with Crippen molar-refractivity contribution in [2.45, 2.75) is 37.2 Å². The number of carbonyl (C=O) groups excluding carboxylic acids is 1. The van der Waals surface area contributed by atoms with Crippen LogP contribution in [-0.4, -0.2) is 40.9 Å². The average molecular weight is 503 g/mol. The van der Waals surface area contributed by atoms with Gasteiger partial charge in [-0.25, -0.2) is 0 Å². The number of carbonyl (C=O) groups is 1. The molecule has 36 heavy (non-hydrogen) atoms. The quantitative estimate of drug-likeness (QED) is 0.277. The molecule has 3 aromatic carbocycles. The number of rotatable bonds is 10. The van der Waals surface area contributed by atoms with E-state index >= 15 is 0 Å². The zero-order valence-electron chi connectivity index (χ0n) is 20.9. The number of ether oxygens (including phenoxy) is 2. The summed E-state index contributed by atoms with van der Waals surface area (Å²) in [6, 6.07) is 23.4. The first-order chi connectivity index (χ1) is 17.5. The molecule has 1 aromatic heterocycles. The van der Waals surface area contributed by atoms with Crippen molar-refractivity contribution in [2.75, 3.05) is 14.2 Å². The first kappa shape index (κ1) is 25.3. The van der Waals surface area contributed by atoms with Crippen LogP contribution in [0.1, 0.15) is 36.2 Å². The maximum atomic E-state index is 12.6. The van der Waals surface area contributed by atoms with E-state index in [9.17, 15) is 4.79 Å². The van der Waals surface area contributed by atoms with Crippen LogP contribution < -0.4 is 14.8 Å². The Bertz CT molecular complexity index is 1320. The van der Waals surface area contributed by atoms with Gasteiger partial charge in [0.1, 0.15) is 11.5 Å². The van der Waals surface area contributed by atoms with Crippen molar-refractivity contribution in [3.05, 3.63) is 83.9 Å². The Morgan fingerprint density at radius 3 is 2.44 bits per heavy atom. The predicted octanol–water partition coefficient (Wildman–Crippen LogP) is 5.77. The molecule has 4 rings (SSSR count). The number of thioether (sulfide) groups is 1. The Kier molecular flexibility index (Phi) is 8.28. The van der Waals surface area contributed by atoms with Gasteiger partial charge in [0.25, 0.3) is 5.91 Å². The Hall–Kier alpha value is -3.78. The third-order valence-electron chi connectivity index (χ3n) is 5.84. The number of amides is 1. The van der Waals surface area contributed by atoms with Crippen LogP contribution in [-0.2, 0) is 5.75 Å². The van der Waals surface area contributed by atoms with Gasteiger partial charge in [-0.05, 0) is 67.4 Å². The monoisotopic (exact) mass is 502 g/mol. The molecule has 4 aromatic rings. The van der Waals surface area contributed by atoms with Crippen LogP contribution in [0, 0.1) is 0 Å². The lowest BCUT2D eigenvalue weighted by Gasteiger charge is -2.13. The fraction of sp³-hybridized carbons (Fsp3) is 0.250. The highest BCUT2D eigenvalue weighted by Crippen LogP contribution is 2.32. The lowest BCUT2D eigenvalue weighted by atomic mass is 10.1. The minimum atomic E-state index is -0.0575. The highest BCUT2D eigenvalue weighted by atomic mass is 32.2. The van der Waals surface area contributed by atoms with Gasteiger partial charge in [0, 0.05) is 28.6 Å². The van der Waals surface area contributed by atoms with E-state index < -0.39 is 0 Å². The van der Waals surface area contributed by atoms with Crippen LogP contribution >= 0.6 is 11.8 Å². The molecule has 0 bridgehead atoms. The number of hydrogen-bond donors (Lipinski definition) is 1. The normalized spacial score (nSPS) is 11.7. The Labute approximate surface area is 215 Å². The molecule has 7 nitrogen and oxygen atoms in total. The van der Waals surface area contributed by atoms with Crippen molar-refractivity contribution in [1.29, 1.82) is 0 Å². The van der Waals surface area contributed by atoms with Crippen LogP contribution in [0.5, 0.6) is 11.5 Å². The molecule has 0 unspecified atom stereocenters. The predicted molar refractivity (Wildman–Crippen MR) is 143 cm³/mol. The minimum Gasteiger partial charge on any atom is -0.497 e. The summed E-state index contributed by atoms with van der Waals surface area (Å²) in [5, 5.41) is 12.8. The van der Waals surface area contributed by atoms with Gasteiger partial charge >= 0.3 is 0 Å². The molecule has 8 heteroatoms. The average Bonchev–Trinajstić information content (AvgIpc) is 3.36. The molecule has 0 aliphatic carbocycles. The van der Waals surface area contributed by atoms with Crippen molar-refractivity contribution >= 4 is 17.7 Å². The number of nitrogens with zero attached hydrogens (tertiary/aromatic N) is 3. The molecule has 0 aliphatic rings. The first-order valence-electron chi connectivity index (χ1n) is 11.8. The molecule has 0 spiro atoms. The maximum absolute atomic E-state index is 12.6. The van der Waals surface area contributed by atoms with Crippen LogP contribution in [0.2, 0.25) is 0 Å². The molecule has 0 saturated carbocycles. The Morgan fingerprint density at radius 1 is 0.972 bits per heavy atom. The second-order valence-electron chi connectivity index (χ2n) is 8.34. The molecule has 1 N–H and O–H groups in total. The lowest BCUT2D eigenvalue weighted by Crippen LogP contribution is -2.31. The van der Waals surface area contributed by atoms with Gasteiger partial charge in [-0.3, -0.25) is 9.36 Å². The summed E-state index contributed by atoms with van der Waals surface area (Å²) in [5.41, 5.74) is 3.50. The topological polar surface area (TPSA) is 78.3 Å². The third-order valence-corrected chi connectivity index (χ3v) is 6.84. The van der Waals surface area contributed by atoms with E-state index in [2.05, 4.69) is 22.4 Å². The lowest BCUT2D eigenvalue weighted by molar-refractivity contribution is 0.0939. The van der Waals surface area contributed by atoms with Gasteiger partial charge in [0.05, 0.1) is 14.2 Å². The van der Waals surface area contributed by atoms with E-state index in [0.29, 0.717) is 17.1 Å². The molecular weight excluding hydrogens is 472 g/mol. The largest absolute Gasteiger partial charge is 0.497 e. The van der Waals surface area contributed by atoms with Gasteiger partial charge in [0.15, 0.2) is 11.0 Å². The third kappa shape index (κ3) is 5.88. The molecule has 1 atom stereocenters. The number of nitrogens with one attached hydrogen (secondary N) is 1. The fourth-order valence-corrected chi connectivity index (χ4v) is 4.53. The van der Waals surface area contributed by atoms with Gasteiger partial charge < -0.3 is 14.8 Å². The molecule has 186 valence electrons. The fourth-order valence-electron chi connectivity index (χ4n) is 3.64. The van der Waals surface area contributed by atoms with Crippen molar-refractivity contribution < 1.29 is 14.3 Å². The summed E-state index contributed by atoms with van der Waals surface area (Å²) in [6.07, 6.45) is 0.887. The zero-order chi connectivity index (χ0) is 25.5. The second kappa shape index (κ2) is 11.8. The SMILES string of the molecule is CC[C@H](C)NC(=O)c1cccc(CSc2nnc(-c3cccc(OC)c3)n2-c2ccc(OC)cc2)c1. The number of benzene rings is 3. The Balaban J connectivity index is 1.64. The summed E-state index contributed by atoms with van der Waals surface area (Å²) >= 11 is 1.56. The van der Waals surface area contributed by atoms with E-state index in [4.69, 9.17) is 9.47 Å². The van der Waals surface area contributed by atoms with E-state index in [1.54, 1.807) is 26.0 Å². The summed E-state index contributed by atoms with van der Waals surface area (Å²) in [4.78, 5) is 12.6. The van der Waals surface area contributed by atoms with Crippen molar-refractivity contribution in [2.24, 2.45) is 0 Å². The van der Waals surface area contributed by atoms with Gasteiger partial charge in [0.2, 0.25) is 0 Å². The summed E-state index contributed by atoms with van der Waals surface area (Å²) in [7, 11) is 3.29. The van der Waals surface area contributed by atoms with E-state index in [0.717, 1.165) is 39.9 Å². The summed E-state index contributed by atoms with van der Waals surface area (Å²) < 4.78 is 12.8. The van der Waals surface area contributed by atoms with Crippen LogP contribution in [0.3, 0.4) is 0 Å². The maximum Gasteiger partial charge on any atom is 0.251 e.